The Morgan fingerprint density at radius 3 is 2.56 bits per heavy atom. The van der Waals surface area contributed by atoms with E-state index in [1.807, 2.05) is 30.3 Å². The molecule has 1 aliphatic rings. The van der Waals surface area contributed by atoms with Crippen LogP contribution < -0.4 is 0 Å². The van der Waals surface area contributed by atoms with E-state index in [0.29, 0.717) is 6.61 Å². The molecule has 0 aromatic heterocycles. The van der Waals surface area contributed by atoms with Gasteiger partial charge in [-0.15, -0.1) is 0 Å². The molecule has 1 aromatic carbocycles. The second kappa shape index (κ2) is 5.08. The first-order valence-corrected chi connectivity index (χ1v) is 6.11. The summed E-state index contributed by atoms with van der Waals surface area (Å²) < 4.78 is 16.5. The van der Waals surface area contributed by atoms with E-state index in [1.165, 1.54) is 0 Å². The summed E-state index contributed by atoms with van der Waals surface area (Å²) in [6.07, 6.45) is -1.12. The second-order valence-corrected chi connectivity index (χ2v) is 4.64. The summed E-state index contributed by atoms with van der Waals surface area (Å²) >= 11 is 0. The monoisotopic (exact) mass is 250 g/mol. The van der Waals surface area contributed by atoms with Crippen molar-refractivity contribution in [2.75, 3.05) is 6.61 Å². The highest BCUT2D eigenvalue weighted by molar-refractivity contribution is 5.76. The van der Waals surface area contributed by atoms with E-state index in [-0.39, 0.29) is 5.97 Å². The zero-order chi connectivity index (χ0) is 13.2. The average Bonchev–Trinajstić information content (AvgIpc) is 2.67. The molecule has 0 bridgehead atoms. The van der Waals surface area contributed by atoms with E-state index in [2.05, 4.69) is 0 Å². The zero-order valence-electron chi connectivity index (χ0n) is 10.9. The molecule has 0 saturated carbocycles. The predicted octanol–water partition coefficient (Wildman–Crippen LogP) is 2.44. The van der Waals surface area contributed by atoms with E-state index >= 15 is 0 Å². The van der Waals surface area contributed by atoms with Gasteiger partial charge in [0.1, 0.15) is 6.10 Å². The van der Waals surface area contributed by atoms with Crippen LogP contribution in [0.3, 0.4) is 0 Å². The molecule has 0 aliphatic carbocycles. The topological polar surface area (TPSA) is 44.8 Å². The molecule has 1 saturated heterocycles. The summed E-state index contributed by atoms with van der Waals surface area (Å²) in [5, 5.41) is 0. The Bertz CT molecular complexity index is 413. The fourth-order valence-electron chi connectivity index (χ4n) is 2.04. The summed E-state index contributed by atoms with van der Waals surface area (Å²) in [6, 6.07) is 9.57. The van der Waals surface area contributed by atoms with Gasteiger partial charge in [-0.1, -0.05) is 30.3 Å². The highest BCUT2D eigenvalue weighted by Crippen LogP contribution is 2.38. The molecule has 1 aliphatic heterocycles. The van der Waals surface area contributed by atoms with Crippen LogP contribution in [0.4, 0.5) is 0 Å². The molecule has 98 valence electrons. The highest BCUT2D eigenvalue weighted by atomic mass is 16.8. The lowest BCUT2D eigenvalue weighted by Gasteiger charge is -2.16. The predicted molar refractivity (Wildman–Crippen MR) is 65.9 cm³/mol. The van der Waals surface area contributed by atoms with Gasteiger partial charge in [0.15, 0.2) is 11.9 Å². The molecular weight excluding hydrogens is 232 g/mol. The molecule has 18 heavy (non-hydrogen) atoms. The van der Waals surface area contributed by atoms with Crippen molar-refractivity contribution >= 4 is 5.97 Å². The van der Waals surface area contributed by atoms with Crippen molar-refractivity contribution in [3.8, 4) is 0 Å². The number of rotatable bonds is 3. The number of hydrogen-bond donors (Lipinski definition) is 0. The Morgan fingerprint density at radius 1 is 1.28 bits per heavy atom. The van der Waals surface area contributed by atoms with Gasteiger partial charge in [0.2, 0.25) is 0 Å². The van der Waals surface area contributed by atoms with Crippen molar-refractivity contribution < 1.29 is 19.0 Å². The first-order valence-electron chi connectivity index (χ1n) is 6.11. The molecule has 1 aromatic rings. The maximum Gasteiger partial charge on any atom is 0.338 e. The summed E-state index contributed by atoms with van der Waals surface area (Å²) in [5.41, 5.74) is 0.918. The molecule has 1 heterocycles. The van der Waals surface area contributed by atoms with Crippen LogP contribution in [0, 0.1) is 0 Å². The van der Waals surface area contributed by atoms with Crippen LogP contribution >= 0.6 is 0 Å². The van der Waals surface area contributed by atoms with Crippen LogP contribution in [0.25, 0.3) is 0 Å². The summed E-state index contributed by atoms with van der Waals surface area (Å²) in [5.74, 6) is -1.16. The Morgan fingerprint density at radius 2 is 1.94 bits per heavy atom. The number of benzene rings is 1. The molecule has 4 nitrogen and oxygen atoms in total. The second-order valence-electron chi connectivity index (χ2n) is 4.64. The largest absolute Gasteiger partial charge is 0.464 e. The first kappa shape index (κ1) is 13.1. The molecule has 0 unspecified atom stereocenters. The number of ether oxygens (including phenoxy) is 3. The molecule has 2 rings (SSSR count). The van der Waals surface area contributed by atoms with Gasteiger partial charge in [0.25, 0.3) is 0 Å². The molecule has 0 spiro atoms. The van der Waals surface area contributed by atoms with Gasteiger partial charge in [-0.2, -0.15) is 0 Å². The maximum atomic E-state index is 11.9. The summed E-state index contributed by atoms with van der Waals surface area (Å²) in [6.45, 7) is 5.70. The van der Waals surface area contributed by atoms with Crippen molar-refractivity contribution in [2.45, 2.75) is 38.8 Å². The van der Waals surface area contributed by atoms with Crippen LogP contribution in [0.15, 0.2) is 30.3 Å². The Labute approximate surface area is 107 Å². The third kappa shape index (κ3) is 2.71. The maximum absolute atomic E-state index is 11.9. The highest BCUT2D eigenvalue weighted by Gasteiger charge is 2.46. The van der Waals surface area contributed by atoms with Crippen molar-refractivity contribution in [3.05, 3.63) is 35.9 Å². The third-order valence-electron chi connectivity index (χ3n) is 2.74. The van der Waals surface area contributed by atoms with Crippen molar-refractivity contribution in [1.82, 2.24) is 0 Å². The van der Waals surface area contributed by atoms with E-state index in [4.69, 9.17) is 14.2 Å². The standard InChI is InChI=1S/C14H18O4/c1-4-16-13(15)12-11(17-14(2,3)18-12)10-8-6-5-7-9-10/h5-9,11-12H,4H2,1-3H3/t11-,12+/m1/s1. The number of hydrogen-bond acceptors (Lipinski definition) is 4. The quantitative estimate of drug-likeness (QED) is 0.773. The van der Waals surface area contributed by atoms with Crippen molar-refractivity contribution in [3.63, 3.8) is 0 Å². The van der Waals surface area contributed by atoms with E-state index < -0.39 is 18.0 Å². The lowest BCUT2D eigenvalue weighted by Crippen LogP contribution is -2.29. The van der Waals surface area contributed by atoms with Crippen LogP contribution in [-0.4, -0.2) is 24.5 Å². The third-order valence-corrected chi connectivity index (χ3v) is 2.74. The molecular formula is C14H18O4. The van der Waals surface area contributed by atoms with Gasteiger partial charge in [-0.3, -0.25) is 0 Å². The summed E-state index contributed by atoms with van der Waals surface area (Å²) in [7, 11) is 0. The minimum Gasteiger partial charge on any atom is -0.464 e. The van der Waals surface area contributed by atoms with Crippen LogP contribution in [0.1, 0.15) is 32.4 Å². The van der Waals surface area contributed by atoms with Gasteiger partial charge in [-0.05, 0) is 26.3 Å². The van der Waals surface area contributed by atoms with Gasteiger partial charge in [0, 0.05) is 0 Å². The molecule has 4 heteroatoms. The lowest BCUT2D eigenvalue weighted by atomic mass is 10.0. The Kier molecular flexibility index (Phi) is 3.68. The van der Waals surface area contributed by atoms with E-state index in [9.17, 15) is 4.79 Å². The Balaban J connectivity index is 2.23. The number of carbonyl (C=O) groups is 1. The molecule has 2 atom stereocenters. The van der Waals surface area contributed by atoms with Crippen LogP contribution in [-0.2, 0) is 19.0 Å². The minimum atomic E-state index is -0.780. The van der Waals surface area contributed by atoms with E-state index in [0.717, 1.165) is 5.56 Å². The SMILES string of the molecule is CCOC(=O)[C@H]1OC(C)(C)O[C@@H]1c1ccccc1. The van der Waals surface area contributed by atoms with Gasteiger partial charge >= 0.3 is 5.97 Å². The molecule has 0 N–H and O–H groups in total. The lowest BCUT2D eigenvalue weighted by molar-refractivity contribution is -0.170. The fraction of sp³-hybridized carbons (Fsp3) is 0.500. The minimum absolute atomic E-state index is 0.334. The van der Waals surface area contributed by atoms with E-state index in [1.54, 1.807) is 20.8 Å². The van der Waals surface area contributed by atoms with Crippen molar-refractivity contribution in [2.24, 2.45) is 0 Å². The van der Waals surface area contributed by atoms with Gasteiger partial charge in [-0.25, -0.2) is 4.79 Å². The number of esters is 1. The molecule has 1 fully saturated rings. The molecule has 0 radical (unpaired) electrons. The smallest absolute Gasteiger partial charge is 0.338 e. The van der Waals surface area contributed by atoms with Crippen LogP contribution in [0.2, 0.25) is 0 Å². The number of carbonyl (C=O) groups excluding carboxylic acids is 1. The zero-order valence-corrected chi connectivity index (χ0v) is 10.9. The Hall–Kier alpha value is -1.39. The first-order chi connectivity index (χ1) is 8.53. The van der Waals surface area contributed by atoms with Crippen molar-refractivity contribution in [1.29, 1.82) is 0 Å². The molecule has 0 amide bonds. The normalized spacial score (nSPS) is 25.9. The van der Waals surface area contributed by atoms with Gasteiger partial charge in [0.05, 0.1) is 6.61 Å². The average molecular weight is 250 g/mol. The fourth-order valence-corrected chi connectivity index (χ4v) is 2.04. The summed E-state index contributed by atoms with van der Waals surface area (Å²) in [4.78, 5) is 11.9. The van der Waals surface area contributed by atoms with Gasteiger partial charge < -0.3 is 14.2 Å². The van der Waals surface area contributed by atoms with Crippen LogP contribution in [0.5, 0.6) is 0 Å².